The highest BCUT2D eigenvalue weighted by Gasteiger charge is 2.59. The fourth-order valence-electron chi connectivity index (χ4n) is 4.17. The Morgan fingerprint density at radius 3 is 2.39 bits per heavy atom. The van der Waals surface area contributed by atoms with Crippen molar-refractivity contribution >= 4 is 21.4 Å². The minimum atomic E-state index is -4.08. The number of sulfone groups is 1. The molecule has 2 aliphatic heterocycles. The molecule has 1 unspecified atom stereocenters. The lowest BCUT2D eigenvalue weighted by Gasteiger charge is -2.46. The number of nitrogens with zero attached hydrogens (tertiary/aromatic N) is 1. The predicted molar refractivity (Wildman–Crippen MR) is 139 cm³/mol. The average molecular weight is 545 g/mol. The Labute approximate surface area is 218 Å². The third-order valence-electron chi connectivity index (χ3n) is 6.11. The molecule has 0 aromatic heterocycles. The molecule has 36 heavy (non-hydrogen) atoms. The van der Waals surface area contributed by atoms with Gasteiger partial charge in [0.15, 0.2) is 21.4 Å². The summed E-state index contributed by atoms with van der Waals surface area (Å²) in [5.41, 5.74) is -0.244. The first-order chi connectivity index (χ1) is 17.2. The summed E-state index contributed by atoms with van der Waals surface area (Å²) >= 11 is 5.87. The number of nitrogens with one attached hydrogen (secondary N) is 1. The summed E-state index contributed by atoms with van der Waals surface area (Å²) in [6.07, 6.45) is 3.92. The van der Waals surface area contributed by atoms with Gasteiger partial charge < -0.3 is 19.7 Å². The van der Waals surface area contributed by atoms with Crippen LogP contribution >= 0.6 is 11.6 Å². The molecule has 2 aromatic rings. The van der Waals surface area contributed by atoms with Gasteiger partial charge in [-0.25, -0.2) is 17.2 Å². The first-order valence-electron chi connectivity index (χ1n) is 11.9. The summed E-state index contributed by atoms with van der Waals surface area (Å²) < 4.78 is 65.5. The Morgan fingerprint density at radius 2 is 1.78 bits per heavy atom. The lowest BCUT2D eigenvalue weighted by atomic mass is 9.79. The molecular weight excluding hydrogens is 510 g/mol. The summed E-state index contributed by atoms with van der Waals surface area (Å²) in [5, 5.41) is 3.29. The van der Waals surface area contributed by atoms with E-state index in [1.54, 1.807) is 0 Å². The fraction of sp³-hybridized carbons (Fsp3) is 0.462. The van der Waals surface area contributed by atoms with Crippen LogP contribution in [0.25, 0.3) is 0 Å². The van der Waals surface area contributed by atoms with E-state index in [2.05, 4.69) is 17.1 Å². The molecule has 10 heteroatoms. The maximum Gasteiger partial charge on any atom is 0.189 e. The van der Waals surface area contributed by atoms with Gasteiger partial charge in [-0.3, -0.25) is 0 Å². The average Bonchev–Trinajstić information content (AvgIpc) is 2.90. The van der Waals surface area contributed by atoms with Crippen molar-refractivity contribution in [3.05, 3.63) is 71.0 Å². The molecule has 2 heterocycles. The summed E-state index contributed by atoms with van der Waals surface area (Å²) in [6.45, 7) is 7.30. The number of hydrogen-bond donors (Lipinski definition) is 1. The van der Waals surface area contributed by atoms with Gasteiger partial charge in [0.25, 0.3) is 0 Å². The Kier molecular flexibility index (Phi) is 11.0. The quantitative estimate of drug-likeness (QED) is 0.546. The molecule has 0 amide bonds. The molecule has 0 saturated carbocycles. The van der Waals surface area contributed by atoms with Crippen molar-refractivity contribution in [2.75, 3.05) is 40.5 Å². The zero-order valence-electron chi connectivity index (χ0n) is 21.4. The van der Waals surface area contributed by atoms with Crippen molar-refractivity contribution in [3.8, 4) is 5.75 Å². The minimum Gasteiger partial charge on any atom is -0.490 e. The topological polar surface area (TPSA) is 67.9 Å². The highest BCUT2D eigenvalue weighted by atomic mass is 35.5. The van der Waals surface area contributed by atoms with E-state index in [0.717, 1.165) is 18.7 Å². The monoisotopic (exact) mass is 544 g/mol. The normalized spacial score (nSPS) is 20.5. The van der Waals surface area contributed by atoms with Crippen LogP contribution in [-0.4, -0.2) is 53.8 Å². The molecule has 2 aliphatic rings. The lowest BCUT2D eigenvalue weighted by Crippen LogP contribution is -2.54. The van der Waals surface area contributed by atoms with Gasteiger partial charge in [0, 0.05) is 50.6 Å². The maximum absolute atomic E-state index is 14.8. The Morgan fingerprint density at radius 1 is 1.14 bits per heavy atom. The smallest absolute Gasteiger partial charge is 0.189 e. The molecule has 1 saturated heterocycles. The molecular formula is C26H35ClF2N2O4S. The molecule has 0 bridgehead atoms. The zero-order valence-corrected chi connectivity index (χ0v) is 22.9. The zero-order chi connectivity index (χ0) is 26.9. The molecule has 200 valence electrons. The number of benzene rings is 2. The number of fused-ring (bicyclic) bond motifs is 3. The van der Waals surface area contributed by atoms with Crippen molar-refractivity contribution in [3.63, 3.8) is 0 Å². The number of ether oxygens (including phenoxy) is 2. The molecule has 0 radical (unpaired) electrons. The van der Waals surface area contributed by atoms with Gasteiger partial charge in [-0.05, 0) is 49.7 Å². The number of rotatable bonds is 5. The Hall–Kier alpha value is -2.36. The van der Waals surface area contributed by atoms with E-state index in [4.69, 9.17) is 21.1 Å². The van der Waals surface area contributed by atoms with Crippen LogP contribution in [0.3, 0.4) is 0 Å². The molecule has 2 atom stereocenters. The minimum absolute atomic E-state index is 0.00492. The summed E-state index contributed by atoms with van der Waals surface area (Å²) in [6, 6.07) is 7.56. The van der Waals surface area contributed by atoms with Gasteiger partial charge in [-0.1, -0.05) is 25.4 Å². The van der Waals surface area contributed by atoms with E-state index in [9.17, 15) is 17.2 Å². The molecule has 0 aliphatic carbocycles. The van der Waals surface area contributed by atoms with Crippen molar-refractivity contribution in [1.82, 2.24) is 10.2 Å². The van der Waals surface area contributed by atoms with Gasteiger partial charge in [0.2, 0.25) is 0 Å². The van der Waals surface area contributed by atoms with Crippen molar-refractivity contribution in [1.29, 1.82) is 0 Å². The molecule has 1 N–H and O–H groups in total. The van der Waals surface area contributed by atoms with Crippen molar-refractivity contribution in [2.45, 2.75) is 36.8 Å². The molecule has 0 spiro atoms. The summed E-state index contributed by atoms with van der Waals surface area (Å²) in [5.74, 6) is -2.57. The first kappa shape index (κ1) is 29.9. The van der Waals surface area contributed by atoms with Crippen LogP contribution in [0.1, 0.15) is 32.8 Å². The van der Waals surface area contributed by atoms with E-state index in [1.807, 2.05) is 40.3 Å². The maximum atomic E-state index is 14.8. The third-order valence-corrected chi connectivity index (χ3v) is 8.95. The predicted octanol–water partition coefficient (Wildman–Crippen LogP) is 5.37. The van der Waals surface area contributed by atoms with Gasteiger partial charge in [0.05, 0.1) is 23.7 Å². The van der Waals surface area contributed by atoms with Crippen LogP contribution < -0.4 is 10.1 Å². The Bertz CT molecular complexity index is 1130. The van der Waals surface area contributed by atoms with E-state index in [1.165, 1.54) is 24.3 Å². The SMILES string of the molecule is CC.CCN(C)/C=C\NC.O=S(=O)(c1ccc(Cl)cc1)[C@@]12CCOCC1COc1c(F)ccc(F)c12. The largest absolute Gasteiger partial charge is 0.490 e. The van der Waals surface area contributed by atoms with Gasteiger partial charge in [-0.2, -0.15) is 0 Å². The van der Waals surface area contributed by atoms with E-state index in [-0.39, 0.29) is 42.4 Å². The molecule has 2 aromatic carbocycles. The second kappa shape index (κ2) is 13.3. The van der Waals surface area contributed by atoms with Crippen LogP contribution in [0.2, 0.25) is 5.02 Å². The van der Waals surface area contributed by atoms with E-state index >= 15 is 0 Å². The van der Waals surface area contributed by atoms with E-state index in [0.29, 0.717) is 5.02 Å². The van der Waals surface area contributed by atoms with Crippen LogP contribution in [0.5, 0.6) is 5.75 Å². The van der Waals surface area contributed by atoms with Crippen LogP contribution in [-0.2, 0) is 19.3 Å². The second-order valence-electron chi connectivity index (χ2n) is 8.09. The highest BCUT2D eigenvalue weighted by molar-refractivity contribution is 7.92. The molecule has 6 nitrogen and oxygen atoms in total. The number of halogens is 3. The second-order valence-corrected chi connectivity index (χ2v) is 10.7. The molecule has 4 rings (SSSR count). The number of hydrogen-bond acceptors (Lipinski definition) is 6. The first-order valence-corrected chi connectivity index (χ1v) is 13.8. The summed E-state index contributed by atoms with van der Waals surface area (Å²) in [4.78, 5) is 2.10. The van der Waals surface area contributed by atoms with Crippen molar-refractivity contribution in [2.24, 2.45) is 5.92 Å². The van der Waals surface area contributed by atoms with Gasteiger partial charge >= 0.3 is 0 Å². The van der Waals surface area contributed by atoms with Gasteiger partial charge in [-0.15, -0.1) is 0 Å². The van der Waals surface area contributed by atoms with Crippen LogP contribution in [0, 0.1) is 17.6 Å². The Balaban J connectivity index is 0.000000392. The van der Waals surface area contributed by atoms with Crippen molar-refractivity contribution < 1.29 is 26.7 Å². The summed E-state index contributed by atoms with van der Waals surface area (Å²) in [7, 11) is -0.154. The van der Waals surface area contributed by atoms with E-state index < -0.39 is 32.1 Å². The lowest BCUT2D eigenvalue weighted by molar-refractivity contribution is -0.00653. The highest BCUT2D eigenvalue weighted by Crippen LogP contribution is 2.53. The molecule has 1 fully saturated rings. The fourth-order valence-corrected chi connectivity index (χ4v) is 6.60. The standard InChI is InChI=1S/C18H15ClF2O4S.C6H14N2.C2H6/c19-12-1-3-13(4-2-12)26(22,23)18-7-8-24-9-11(18)10-25-17-15(21)6-5-14(20)16(17)18;1-4-8(3)6-5-7-2;1-2/h1-6,11H,7-10H2;5-7H,4H2,1-3H3;1-2H3/b;6-5-;/t11?,18-;;/m0../s1. The third kappa shape index (κ3) is 5.95. The van der Waals surface area contributed by atoms with Crippen LogP contribution in [0.4, 0.5) is 8.78 Å². The van der Waals surface area contributed by atoms with Crippen LogP contribution in [0.15, 0.2) is 53.7 Å². The van der Waals surface area contributed by atoms with Gasteiger partial charge in [0.1, 0.15) is 10.6 Å².